The van der Waals surface area contributed by atoms with Crippen molar-refractivity contribution in [1.82, 2.24) is 0 Å². The van der Waals surface area contributed by atoms with Gasteiger partial charge in [-0.25, -0.2) is 4.79 Å². The van der Waals surface area contributed by atoms with Gasteiger partial charge in [0.2, 0.25) is 5.78 Å². The molecule has 0 saturated carbocycles. The van der Waals surface area contributed by atoms with Crippen molar-refractivity contribution >= 4 is 34.8 Å². The minimum absolute atomic E-state index is 0.0511. The predicted molar refractivity (Wildman–Crippen MR) is 138 cm³/mol. The van der Waals surface area contributed by atoms with E-state index in [0.717, 1.165) is 0 Å². The maximum atomic E-state index is 13.6. The van der Waals surface area contributed by atoms with Crippen molar-refractivity contribution in [3.05, 3.63) is 105 Å². The number of carbonyl (C=O) groups excluding carboxylic acids is 3. The molecule has 3 heterocycles. The van der Waals surface area contributed by atoms with Gasteiger partial charge in [0.1, 0.15) is 22.8 Å². The number of carbonyl (C=O) groups is 3. The highest BCUT2D eigenvalue weighted by Crippen LogP contribution is 2.48. The van der Waals surface area contributed by atoms with Crippen LogP contribution in [0.5, 0.6) is 17.2 Å². The number of rotatable bonds is 4. The number of ether oxygens (including phenoxy) is 4. The molecule has 3 aromatic carbocycles. The summed E-state index contributed by atoms with van der Waals surface area (Å²) < 4.78 is 27.2. The first-order chi connectivity index (χ1) is 18.9. The number of ketones is 1. The minimum Gasteiger partial charge on any atom is -0.497 e. The molecule has 4 aromatic rings. The fourth-order valence-corrected chi connectivity index (χ4v) is 4.85. The molecule has 2 aliphatic heterocycles. The third-order valence-corrected chi connectivity index (χ3v) is 6.79. The Kier molecular flexibility index (Phi) is 5.76. The Labute approximate surface area is 221 Å². The first-order valence-electron chi connectivity index (χ1n) is 12.0. The molecule has 9 nitrogen and oxygen atoms in total. The van der Waals surface area contributed by atoms with Crippen molar-refractivity contribution in [1.29, 1.82) is 0 Å². The molecule has 0 aliphatic carbocycles. The highest BCUT2D eigenvalue weighted by molar-refractivity contribution is 6.15. The van der Waals surface area contributed by atoms with Gasteiger partial charge in [0.05, 0.1) is 43.4 Å². The van der Waals surface area contributed by atoms with E-state index < -0.39 is 17.9 Å². The van der Waals surface area contributed by atoms with Gasteiger partial charge in [-0.2, -0.15) is 0 Å². The molecule has 0 bridgehead atoms. The minimum atomic E-state index is -0.769. The molecular weight excluding hydrogens is 504 g/mol. The van der Waals surface area contributed by atoms with Crippen LogP contribution in [0.3, 0.4) is 0 Å². The standard InChI is InChI=1S/C30H20O9/c1-35-17-7-9-22-20(12-17)27(32)21(14-37-22)19-13-25(31)38-23-10-8-18-28(33)24(39-29(18)26(19)23)11-15-3-5-16(6-4-15)30(34)36-2/h3-12,14,19H,13H2,1-2H3/b24-11-. The second-order valence-corrected chi connectivity index (χ2v) is 9.02. The smallest absolute Gasteiger partial charge is 0.337 e. The Morgan fingerprint density at radius 1 is 0.974 bits per heavy atom. The van der Waals surface area contributed by atoms with Crippen molar-refractivity contribution in [2.75, 3.05) is 14.2 Å². The van der Waals surface area contributed by atoms with E-state index in [9.17, 15) is 19.2 Å². The summed E-state index contributed by atoms with van der Waals surface area (Å²) in [5.41, 5.74) is 1.96. The lowest BCUT2D eigenvalue weighted by atomic mass is 9.85. The average Bonchev–Trinajstić information content (AvgIpc) is 3.27. The summed E-state index contributed by atoms with van der Waals surface area (Å²) in [5, 5.41) is 0.299. The predicted octanol–water partition coefficient (Wildman–Crippen LogP) is 4.65. The van der Waals surface area contributed by atoms with E-state index in [1.165, 1.54) is 32.6 Å². The number of fused-ring (bicyclic) bond motifs is 4. The molecule has 1 unspecified atom stereocenters. The van der Waals surface area contributed by atoms with Gasteiger partial charge in [-0.1, -0.05) is 12.1 Å². The molecule has 0 amide bonds. The van der Waals surface area contributed by atoms with Crippen LogP contribution in [0.15, 0.2) is 75.8 Å². The van der Waals surface area contributed by atoms with Crippen LogP contribution in [0, 0.1) is 0 Å². The fraction of sp³-hybridized carbons (Fsp3) is 0.133. The maximum absolute atomic E-state index is 13.6. The molecule has 0 radical (unpaired) electrons. The number of Topliss-reactive ketones (excluding diaryl/α,β-unsaturated/α-hetero) is 1. The topological polar surface area (TPSA) is 118 Å². The van der Waals surface area contributed by atoms with E-state index >= 15 is 0 Å². The van der Waals surface area contributed by atoms with Crippen molar-refractivity contribution in [3.63, 3.8) is 0 Å². The first-order valence-corrected chi connectivity index (χ1v) is 12.0. The quantitative estimate of drug-likeness (QED) is 0.214. The van der Waals surface area contributed by atoms with Gasteiger partial charge in [0.25, 0.3) is 0 Å². The van der Waals surface area contributed by atoms with E-state index in [1.54, 1.807) is 48.5 Å². The summed E-state index contributed by atoms with van der Waals surface area (Å²) in [4.78, 5) is 51.1. The van der Waals surface area contributed by atoms with Crippen LogP contribution < -0.4 is 19.6 Å². The molecular formula is C30H20O9. The van der Waals surface area contributed by atoms with Crippen LogP contribution >= 0.6 is 0 Å². The molecule has 6 rings (SSSR count). The second-order valence-electron chi connectivity index (χ2n) is 9.02. The highest BCUT2D eigenvalue weighted by Gasteiger charge is 2.39. The zero-order valence-corrected chi connectivity index (χ0v) is 20.8. The molecule has 1 atom stereocenters. The molecule has 1 aromatic heterocycles. The lowest BCUT2D eigenvalue weighted by Crippen LogP contribution is -2.25. The van der Waals surface area contributed by atoms with Gasteiger partial charge >= 0.3 is 11.9 Å². The zero-order valence-electron chi connectivity index (χ0n) is 20.8. The summed E-state index contributed by atoms with van der Waals surface area (Å²) in [5.74, 6) is -1.17. The zero-order chi connectivity index (χ0) is 27.3. The molecule has 39 heavy (non-hydrogen) atoms. The lowest BCUT2D eigenvalue weighted by Gasteiger charge is -2.25. The molecule has 0 N–H and O–H groups in total. The summed E-state index contributed by atoms with van der Waals surface area (Å²) in [6.45, 7) is 0. The normalized spacial score (nSPS) is 16.9. The number of allylic oxidation sites excluding steroid dienone is 1. The van der Waals surface area contributed by atoms with Crippen molar-refractivity contribution in [3.8, 4) is 17.2 Å². The maximum Gasteiger partial charge on any atom is 0.337 e. The fourth-order valence-electron chi connectivity index (χ4n) is 4.85. The van der Waals surface area contributed by atoms with Crippen molar-refractivity contribution in [2.24, 2.45) is 0 Å². The molecule has 2 aliphatic rings. The second kappa shape index (κ2) is 9.29. The van der Waals surface area contributed by atoms with Gasteiger partial charge < -0.3 is 23.4 Å². The van der Waals surface area contributed by atoms with E-state index in [1.807, 2.05) is 0 Å². The Hall–Kier alpha value is -5.18. The Morgan fingerprint density at radius 3 is 2.51 bits per heavy atom. The lowest BCUT2D eigenvalue weighted by molar-refractivity contribution is -0.135. The molecule has 0 saturated heterocycles. The van der Waals surface area contributed by atoms with Gasteiger partial charge in [-0.3, -0.25) is 14.4 Å². The third-order valence-electron chi connectivity index (χ3n) is 6.79. The Balaban J connectivity index is 1.44. The van der Waals surface area contributed by atoms with Crippen LogP contribution in [0.4, 0.5) is 0 Å². The Bertz CT molecular complexity index is 1780. The van der Waals surface area contributed by atoms with Crippen molar-refractivity contribution in [2.45, 2.75) is 12.3 Å². The summed E-state index contributed by atoms with van der Waals surface area (Å²) in [6.07, 6.45) is 2.74. The molecule has 0 fully saturated rings. The van der Waals surface area contributed by atoms with Gasteiger partial charge in [0.15, 0.2) is 11.2 Å². The number of hydrogen-bond donors (Lipinski definition) is 0. The van der Waals surface area contributed by atoms with E-state index in [2.05, 4.69) is 0 Å². The average molecular weight is 524 g/mol. The largest absolute Gasteiger partial charge is 0.497 e. The SMILES string of the molecule is COC(=O)c1ccc(/C=C2\Oc3c(ccc4c3C(c3coc5ccc(OC)cc5c3=O)CC(=O)O4)C2=O)cc1. The number of hydrogen-bond acceptors (Lipinski definition) is 9. The summed E-state index contributed by atoms with van der Waals surface area (Å²) in [7, 11) is 2.79. The molecule has 194 valence electrons. The number of methoxy groups -OCH3 is 2. The number of esters is 2. The summed E-state index contributed by atoms with van der Waals surface area (Å²) >= 11 is 0. The van der Waals surface area contributed by atoms with Crippen LogP contribution in [0.2, 0.25) is 0 Å². The van der Waals surface area contributed by atoms with E-state index in [0.29, 0.717) is 33.4 Å². The number of benzene rings is 3. The third kappa shape index (κ3) is 4.04. The first kappa shape index (κ1) is 24.2. The Morgan fingerprint density at radius 2 is 1.77 bits per heavy atom. The van der Waals surface area contributed by atoms with Gasteiger partial charge in [-0.05, 0) is 54.1 Å². The monoisotopic (exact) mass is 524 g/mol. The van der Waals surface area contributed by atoms with E-state index in [4.69, 9.17) is 23.4 Å². The van der Waals surface area contributed by atoms with E-state index in [-0.39, 0.29) is 46.0 Å². The van der Waals surface area contributed by atoms with Gasteiger partial charge in [-0.15, -0.1) is 0 Å². The van der Waals surface area contributed by atoms with Crippen LogP contribution in [-0.2, 0) is 9.53 Å². The van der Waals surface area contributed by atoms with Crippen LogP contribution in [-0.4, -0.2) is 31.9 Å². The van der Waals surface area contributed by atoms with Gasteiger partial charge in [0, 0.05) is 17.0 Å². The highest BCUT2D eigenvalue weighted by atomic mass is 16.5. The van der Waals surface area contributed by atoms with Crippen molar-refractivity contribution < 1.29 is 37.7 Å². The summed E-state index contributed by atoms with van der Waals surface area (Å²) in [6, 6.07) is 14.4. The van der Waals surface area contributed by atoms with Crippen LogP contribution in [0.25, 0.3) is 17.0 Å². The molecule has 9 heteroatoms. The molecule has 0 spiro atoms. The van der Waals surface area contributed by atoms with Crippen LogP contribution in [0.1, 0.15) is 49.7 Å².